The van der Waals surface area contributed by atoms with Crippen LogP contribution < -0.4 is 5.32 Å². The Morgan fingerprint density at radius 1 is 0.516 bits per heavy atom. The summed E-state index contributed by atoms with van der Waals surface area (Å²) in [4.78, 5) is 23.3. The van der Waals surface area contributed by atoms with Crippen molar-refractivity contribution in [3.63, 3.8) is 0 Å². The summed E-state index contributed by atoms with van der Waals surface area (Å²) in [6.07, 6.45) is 59.5. The first-order chi connectivity index (χ1) is 31.0. The normalized spacial score (nSPS) is 14.3. The smallest absolute Gasteiger partial charge is 0.387 e. The Morgan fingerprint density at radius 3 is 1.25 bits per heavy atom. The van der Waals surface area contributed by atoms with Crippen molar-refractivity contribution in [1.82, 2.24) is 5.32 Å². The maximum atomic E-state index is 13.0. The molecule has 0 heterocycles. The number of likely N-dealkylation sites (N-methyl/N-ethyl adjacent to an activating group) is 1. The number of unbranched alkanes of at least 4 members (excludes halogenated alkanes) is 33. The summed E-state index contributed by atoms with van der Waals surface area (Å²) in [5, 5.41) is 13.9. The van der Waals surface area contributed by atoms with Gasteiger partial charge in [-0.2, -0.15) is 0 Å². The number of quaternary nitrogens is 1. The van der Waals surface area contributed by atoms with Crippen LogP contribution in [-0.2, 0) is 18.4 Å². The molecule has 64 heavy (non-hydrogen) atoms. The number of phosphoric acid groups is 1. The third-order valence-corrected chi connectivity index (χ3v) is 13.3. The number of aliphatic hydroxyl groups excluding tert-OH is 1. The van der Waals surface area contributed by atoms with Crippen LogP contribution in [0.3, 0.4) is 0 Å². The molecule has 9 heteroatoms. The van der Waals surface area contributed by atoms with Gasteiger partial charge in [0.1, 0.15) is 13.2 Å². The predicted octanol–water partition coefficient (Wildman–Crippen LogP) is 16.2. The third-order valence-electron chi connectivity index (χ3n) is 12.3. The lowest BCUT2D eigenvalue weighted by Gasteiger charge is -2.25. The predicted molar refractivity (Wildman–Crippen MR) is 277 cm³/mol. The van der Waals surface area contributed by atoms with Gasteiger partial charge in [-0.3, -0.25) is 13.8 Å². The van der Waals surface area contributed by atoms with Crippen molar-refractivity contribution in [2.45, 2.75) is 270 Å². The van der Waals surface area contributed by atoms with E-state index >= 15 is 0 Å². The first-order valence-electron chi connectivity index (χ1n) is 27.4. The zero-order valence-corrected chi connectivity index (χ0v) is 43.9. The number of hydrogen-bond acceptors (Lipinski definition) is 5. The van der Waals surface area contributed by atoms with Gasteiger partial charge in [0.05, 0.1) is 39.9 Å². The average molecular weight is 924 g/mol. The van der Waals surface area contributed by atoms with E-state index in [1.807, 2.05) is 27.2 Å². The van der Waals surface area contributed by atoms with Gasteiger partial charge in [0.25, 0.3) is 0 Å². The van der Waals surface area contributed by atoms with Gasteiger partial charge in [0.2, 0.25) is 5.91 Å². The molecule has 0 aromatic rings. The van der Waals surface area contributed by atoms with Gasteiger partial charge in [-0.1, -0.05) is 230 Å². The third kappa shape index (κ3) is 48.6. The quantitative estimate of drug-likeness (QED) is 0.0243. The Bertz CT molecular complexity index is 1140. The van der Waals surface area contributed by atoms with E-state index in [9.17, 15) is 19.4 Å². The molecule has 0 fully saturated rings. The monoisotopic (exact) mass is 924 g/mol. The van der Waals surface area contributed by atoms with E-state index in [4.69, 9.17) is 9.05 Å². The lowest BCUT2D eigenvalue weighted by molar-refractivity contribution is -0.870. The second kappa shape index (κ2) is 46.8. The standard InChI is InChI=1S/C55H107N2O6P/c1-6-8-10-12-14-16-18-20-22-24-26-27-28-29-31-33-35-37-39-41-43-45-47-49-55(59)56-53(52-63-64(60,61)62-51-50-57(3,4)5)54(58)48-46-44-42-40-38-36-34-32-30-25-23-21-19-17-15-13-11-9-7-2/h24,26,38,40,46,48,53-54,58H,6-23,25,27-37,39,41-45,47,49-52H2,1-5H3,(H-,56,59,60,61)/p+1/b26-24-,40-38+,48-46+. The fourth-order valence-electron chi connectivity index (χ4n) is 7.99. The molecule has 8 nitrogen and oxygen atoms in total. The fourth-order valence-corrected chi connectivity index (χ4v) is 8.73. The van der Waals surface area contributed by atoms with Crippen LogP contribution in [0.5, 0.6) is 0 Å². The van der Waals surface area contributed by atoms with Gasteiger partial charge >= 0.3 is 7.82 Å². The molecule has 0 saturated carbocycles. The molecule has 378 valence electrons. The van der Waals surface area contributed by atoms with Crippen molar-refractivity contribution in [3.05, 3.63) is 36.5 Å². The molecule has 1 amide bonds. The van der Waals surface area contributed by atoms with Gasteiger partial charge in [0.15, 0.2) is 0 Å². The van der Waals surface area contributed by atoms with E-state index in [2.05, 4.69) is 43.5 Å². The minimum absolute atomic E-state index is 0.0567. The molecule has 0 rings (SSSR count). The fraction of sp³-hybridized carbons (Fsp3) is 0.873. The van der Waals surface area contributed by atoms with Crippen molar-refractivity contribution in [3.8, 4) is 0 Å². The number of aliphatic hydroxyl groups is 1. The maximum Gasteiger partial charge on any atom is 0.472 e. The number of carbonyl (C=O) groups is 1. The molecule has 0 aromatic carbocycles. The Morgan fingerprint density at radius 2 is 0.859 bits per heavy atom. The number of rotatable bonds is 50. The van der Waals surface area contributed by atoms with Gasteiger partial charge in [-0.15, -0.1) is 0 Å². The Labute approximate surface area is 397 Å². The molecular formula is C55H108N2O6P+. The lowest BCUT2D eigenvalue weighted by Crippen LogP contribution is -2.45. The minimum Gasteiger partial charge on any atom is -0.387 e. The highest BCUT2D eigenvalue weighted by Gasteiger charge is 2.27. The molecule has 0 spiro atoms. The molecule has 0 aliphatic rings. The topological polar surface area (TPSA) is 105 Å². The van der Waals surface area contributed by atoms with Gasteiger partial charge in [-0.05, 0) is 57.8 Å². The minimum atomic E-state index is -4.35. The van der Waals surface area contributed by atoms with Crippen molar-refractivity contribution in [2.24, 2.45) is 0 Å². The molecule has 0 radical (unpaired) electrons. The molecule has 0 aromatic heterocycles. The van der Waals surface area contributed by atoms with Crippen LogP contribution >= 0.6 is 7.82 Å². The molecular weight excluding hydrogens is 816 g/mol. The van der Waals surface area contributed by atoms with Gasteiger partial charge in [-0.25, -0.2) is 4.57 Å². The van der Waals surface area contributed by atoms with Crippen molar-refractivity contribution < 1.29 is 32.9 Å². The summed E-state index contributed by atoms with van der Waals surface area (Å²) in [5.41, 5.74) is 0. The van der Waals surface area contributed by atoms with Crippen molar-refractivity contribution in [2.75, 3.05) is 40.9 Å². The maximum absolute atomic E-state index is 13.0. The first kappa shape index (κ1) is 62.7. The molecule has 3 atom stereocenters. The number of carbonyl (C=O) groups excluding carboxylic acids is 1. The number of allylic oxidation sites excluding steroid dienone is 5. The van der Waals surface area contributed by atoms with E-state index in [0.29, 0.717) is 17.4 Å². The van der Waals surface area contributed by atoms with E-state index in [1.54, 1.807) is 6.08 Å². The number of hydrogen-bond donors (Lipinski definition) is 3. The van der Waals surface area contributed by atoms with Crippen LogP contribution in [0.25, 0.3) is 0 Å². The summed E-state index contributed by atoms with van der Waals surface area (Å²) < 4.78 is 23.7. The number of nitrogens with one attached hydrogen (secondary N) is 1. The summed E-state index contributed by atoms with van der Waals surface area (Å²) in [5.74, 6) is -0.185. The average Bonchev–Trinajstić information content (AvgIpc) is 3.25. The number of amides is 1. The number of phosphoric ester groups is 1. The molecule has 0 aliphatic heterocycles. The molecule has 0 bridgehead atoms. The Hall–Kier alpha value is -1.28. The summed E-state index contributed by atoms with van der Waals surface area (Å²) in [6, 6.07) is -0.863. The van der Waals surface area contributed by atoms with Crippen LogP contribution in [0.1, 0.15) is 258 Å². The van der Waals surface area contributed by atoms with Crippen LogP contribution in [0.2, 0.25) is 0 Å². The van der Waals surface area contributed by atoms with Gasteiger partial charge < -0.3 is 19.8 Å². The Kier molecular flexibility index (Phi) is 45.9. The lowest BCUT2D eigenvalue weighted by atomic mass is 10.0. The summed E-state index contributed by atoms with van der Waals surface area (Å²) in [6.45, 7) is 4.82. The number of nitrogens with zero attached hydrogens (tertiary/aromatic N) is 1. The highest BCUT2D eigenvalue weighted by molar-refractivity contribution is 7.47. The summed E-state index contributed by atoms with van der Waals surface area (Å²) in [7, 11) is 1.56. The van der Waals surface area contributed by atoms with E-state index in [1.165, 1.54) is 199 Å². The molecule has 0 aliphatic carbocycles. The zero-order chi connectivity index (χ0) is 47.1. The summed E-state index contributed by atoms with van der Waals surface area (Å²) >= 11 is 0. The molecule has 3 unspecified atom stereocenters. The van der Waals surface area contributed by atoms with Gasteiger partial charge in [0, 0.05) is 6.42 Å². The largest absolute Gasteiger partial charge is 0.472 e. The highest BCUT2D eigenvalue weighted by Crippen LogP contribution is 2.43. The van der Waals surface area contributed by atoms with Crippen LogP contribution in [0, 0.1) is 0 Å². The van der Waals surface area contributed by atoms with Crippen LogP contribution in [0.15, 0.2) is 36.5 Å². The first-order valence-corrected chi connectivity index (χ1v) is 28.9. The van der Waals surface area contributed by atoms with Crippen molar-refractivity contribution >= 4 is 13.7 Å². The van der Waals surface area contributed by atoms with Crippen molar-refractivity contribution in [1.29, 1.82) is 0 Å². The Balaban J connectivity index is 4.28. The SMILES string of the molecule is CCCCCCCCCC/C=C\CCCCCCCCCCCCCC(=O)NC(COP(=O)(O)OCC[N+](C)(C)C)C(O)/C=C/CC/C=C/CCCCCCCCCCCCCCC. The zero-order valence-electron chi connectivity index (χ0n) is 43.0. The van der Waals surface area contributed by atoms with E-state index in [0.717, 1.165) is 38.5 Å². The molecule has 0 saturated heterocycles. The highest BCUT2D eigenvalue weighted by atomic mass is 31.2. The van der Waals surface area contributed by atoms with E-state index < -0.39 is 20.0 Å². The second-order valence-electron chi connectivity index (χ2n) is 19.9. The van der Waals surface area contributed by atoms with Crippen LogP contribution in [0.4, 0.5) is 0 Å². The second-order valence-corrected chi connectivity index (χ2v) is 21.4. The molecule has 3 N–H and O–H groups in total. The van der Waals surface area contributed by atoms with Crippen LogP contribution in [-0.4, -0.2) is 73.4 Å². The van der Waals surface area contributed by atoms with E-state index in [-0.39, 0.29) is 19.1 Å².